The molecule has 1 heterocycles. The molecule has 7 heteroatoms. The molecule has 0 spiro atoms. The predicted molar refractivity (Wildman–Crippen MR) is 124 cm³/mol. The van der Waals surface area contributed by atoms with Crippen LogP contribution >= 0.6 is 0 Å². The fourth-order valence-corrected chi connectivity index (χ4v) is 4.77. The molecule has 1 unspecified atom stereocenters. The van der Waals surface area contributed by atoms with Gasteiger partial charge in [0, 0.05) is 24.9 Å². The molecule has 0 saturated carbocycles. The summed E-state index contributed by atoms with van der Waals surface area (Å²) in [7, 11) is 0. The fourth-order valence-electron chi connectivity index (χ4n) is 4.77. The van der Waals surface area contributed by atoms with E-state index in [-0.39, 0.29) is 36.7 Å². The van der Waals surface area contributed by atoms with Gasteiger partial charge in [-0.05, 0) is 28.2 Å². The molecular formula is C26H30N2O5. The van der Waals surface area contributed by atoms with Gasteiger partial charge in [-0.3, -0.25) is 9.59 Å². The quantitative estimate of drug-likeness (QED) is 0.637. The van der Waals surface area contributed by atoms with Gasteiger partial charge in [0.2, 0.25) is 5.91 Å². The highest BCUT2D eigenvalue weighted by atomic mass is 16.5. The second kappa shape index (κ2) is 9.65. The molecule has 0 bridgehead atoms. The number of alkyl carbamates (subject to hydrolysis) is 1. The van der Waals surface area contributed by atoms with Crippen LogP contribution < -0.4 is 5.32 Å². The highest BCUT2D eigenvalue weighted by Gasteiger charge is 2.38. The molecule has 174 valence electrons. The molecule has 2 N–H and O–H groups in total. The van der Waals surface area contributed by atoms with Gasteiger partial charge in [0.15, 0.2) is 0 Å². The first-order chi connectivity index (χ1) is 15.9. The minimum absolute atomic E-state index is 0.0292. The van der Waals surface area contributed by atoms with E-state index in [1.54, 1.807) is 4.90 Å². The Labute approximate surface area is 193 Å². The first kappa shape index (κ1) is 22.8. The van der Waals surface area contributed by atoms with Crippen molar-refractivity contribution in [2.75, 3.05) is 19.7 Å². The van der Waals surface area contributed by atoms with Gasteiger partial charge < -0.3 is 20.1 Å². The summed E-state index contributed by atoms with van der Waals surface area (Å²) in [4.78, 5) is 38.2. The number of carboxylic acids is 1. The third kappa shape index (κ3) is 4.72. The number of carbonyl (C=O) groups is 3. The van der Waals surface area contributed by atoms with Crippen LogP contribution in [0.25, 0.3) is 11.1 Å². The number of hydrogen-bond acceptors (Lipinski definition) is 4. The summed E-state index contributed by atoms with van der Waals surface area (Å²) in [5, 5.41) is 11.7. The van der Waals surface area contributed by atoms with Crippen LogP contribution in [0.1, 0.15) is 43.7 Å². The van der Waals surface area contributed by atoms with Crippen LogP contribution in [-0.4, -0.2) is 53.7 Å². The minimum atomic E-state index is -0.859. The Morgan fingerprint density at radius 2 is 1.64 bits per heavy atom. The van der Waals surface area contributed by atoms with Gasteiger partial charge in [0.1, 0.15) is 12.6 Å². The van der Waals surface area contributed by atoms with Crippen LogP contribution in [0.2, 0.25) is 0 Å². The Morgan fingerprint density at radius 3 is 2.18 bits per heavy atom. The lowest BCUT2D eigenvalue weighted by Crippen LogP contribution is -2.59. The monoisotopic (exact) mass is 450 g/mol. The summed E-state index contributed by atoms with van der Waals surface area (Å²) in [5.41, 5.74) is 4.57. The zero-order chi connectivity index (χ0) is 23.5. The van der Waals surface area contributed by atoms with Crippen molar-refractivity contribution in [1.82, 2.24) is 10.2 Å². The average molecular weight is 451 g/mol. The van der Waals surface area contributed by atoms with E-state index in [0.717, 1.165) is 22.3 Å². The number of carbonyl (C=O) groups excluding carboxylic acids is 2. The van der Waals surface area contributed by atoms with E-state index < -0.39 is 18.1 Å². The molecular weight excluding hydrogens is 420 g/mol. The van der Waals surface area contributed by atoms with Gasteiger partial charge in [-0.2, -0.15) is 0 Å². The molecule has 1 aliphatic heterocycles. The zero-order valence-corrected chi connectivity index (χ0v) is 19.0. The number of nitrogens with zero attached hydrogens (tertiary/aromatic N) is 1. The highest BCUT2D eigenvalue weighted by Crippen LogP contribution is 2.44. The van der Waals surface area contributed by atoms with Gasteiger partial charge >= 0.3 is 12.1 Å². The summed E-state index contributed by atoms with van der Waals surface area (Å²) >= 11 is 0. The van der Waals surface area contributed by atoms with E-state index in [0.29, 0.717) is 19.5 Å². The lowest BCUT2D eigenvalue weighted by Gasteiger charge is -2.41. The maximum Gasteiger partial charge on any atom is 0.407 e. The average Bonchev–Trinajstić information content (AvgIpc) is 3.11. The van der Waals surface area contributed by atoms with Crippen molar-refractivity contribution < 1.29 is 24.2 Å². The first-order valence-corrected chi connectivity index (χ1v) is 11.5. The Hall–Kier alpha value is -3.35. The number of carboxylic acid groups (broad SMARTS) is 1. The molecule has 2 atom stereocenters. The fraction of sp³-hybridized carbons (Fsp3) is 0.423. The summed E-state index contributed by atoms with van der Waals surface area (Å²) in [6.45, 7) is 4.88. The van der Waals surface area contributed by atoms with E-state index in [1.807, 2.05) is 38.1 Å². The molecule has 7 nitrogen and oxygen atoms in total. The van der Waals surface area contributed by atoms with Crippen molar-refractivity contribution in [2.24, 2.45) is 11.8 Å². The van der Waals surface area contributed by atoms with Crippen LogP contribution in [0.15, 0.2) is 48.5 Å². The third-order valence-electron chi connectivity index (χ3n) is 6.83. The second-order valence-corrected chi connectivity index (χ2v) is 9.04. The maximum atomic E-state index is 13.0. The van der Waals surface area contributed by atoms with E-state index in [2.05, 4.69) is 29.6 Å². The van der Waals surface area contributed by atoms with Crippen LogP contribution in [0.3, 0.4) is 0 Å². The summed E-state index contributed by atoms with van der Waals surface area (Å²) in [6.07, 6.45) is 0.155. The van der Waals surface area contributed by atoms with E-state index >= 15 is 0 Å². The standard InChI is InChI=1S/C26H30N2O5/c1-3-16(2)24(25(31)28-13-17(14-28)12-23(29)30)27-26(32)33-15-22-20-10-6-4-8-18(20)19-9-5-7-11-21(19)22/h4-11,16-17,22,24H,3,12-15H2,1-2H3,(H,27,32)(H,29,30)/t16?,24-/m0/s1. The normalized spacial score (nSPS) is 16.8. The SMILES string of the molecule is CCC(C)[C@H](NC(=O)OCC1c2ccccc2-c2ccccc21)C(=O)N1CC(CC(=O)O)C1. The van der Waals surface area contributed by atoms with E-state index in [9.17, 15) is 14.4 Å². The van der Waals surface area contributed by atoms with Crippen LogP contribution in [0.4, 0.5) is 4.79 Å². The Balaban J connectivity index is 1.39. The molecule has 2 aromatic carbocycles. The maximum absolute atomic E-state index is 13.0. The molecule has 0 radical (unpaired) electrons. The van der Waals surface area contributed by atoms with Gasteiger partial charge in [-0.25, -0.2) is 4.79 Å². The molecule has 4 rings (SSSR count). The molecule has 2 aromatic rings. The Kier molecular flexibility index (Phi) is 6.67. The van der Waals surface area contributed by atoms with Gasteiger partial charge in [0.05, 0.1) is 6.42 Å². The summed E-state index contributed by atoms with van der Waals surface area (Å²) in [5.74, 6) is -1.19. The molecule has 1 saturated heterocycles. The number of amides is 2. The number of aliphatic carboxylic acids is 1. The number of nitrogens with one attached hydrogen (secondary N) is 1. The minimum Gasteiger partial charge on any atom is -0.481 e. The molecule has 1 aliphatic carbocycles. The Bertz CT molecular complexity index is 1000. The van der Waals surface area contributed by atoms with Crippen molar-refractivity contribution in [3.63, 3.8) is 0 Å². The Morgan fingerprint density at radius 1 is 1.06 bits per heavy atom. The molecule has 2 amide bonds. The third-order valence-corrected chi connectivity index (χ3v) is 6.83. The molecule has 33 heavy (non-hydrogen) atoms. The number of benzene rings is 2. The molecule has 2 aliphatic rings. The largest absolute Gasteiger partial charge is 0.481 e. The van der Waals surface area contributed by atoms with Crippen LogP contribution in [0.5, 0.6) is 0 Å². The first-order valence-electron chi connectivity index (χ1n) is 11.5. The van der Waals surface area contributed by atoms with Crippen LogP contribution in [0, 0.1) is 11.8 Å². The topological polar surface area (TPSA) is 95.9 Å². The lowest BCUT2D eigenvalue weighted by molar-refractivity contribution is -0.146. The van der Waals surface area contributed by atoms with Crippen molar-refractivity contribution in [1.29, 1.82) is 0 Å². The van der Waals surface area contributed by atoms with Crippen molar-refractivity contribution >= 4 is 18.0 Å². The van der Waals surface area contributed by atoms with E-state index in [4.69, 9.17) is 9.84 Å². The number of likely N-dealkylation sites (tertiary alicyclic amines) is 1. The van der Waals surface area contributed by atoms with Crippen molar-refractivity contribution in [2.45, 2.75) is 38.6 Å². The van der Waals surface area contributed by atoms with Gasteiger partial charge in [-0.15, -0.1) is 0 Å². The second-order valence-electron chi connectivity index (χ2n) is 9.04. The zero-order valence-electron chi connectivity index (χ0n) is 19.0. The summed E-state index contributed by atoms with van der Waals surface area (Å²) < 4.78 is 5.62. The van der Waals surface area contributed by atoms with Crippen LogP contribution in [-0.2, 0) is 14.3 Å². The van der Waals surface area contributed by atoms with Crippen molar-refractivity contribution in [3.05, 3.63) is 59.7 Å². The lowest BCUT2D eigenvalue weighted by atomic mass is 9.92. The van der Waals surface area contributed by atoms with E-state index in [1.165, 1.54) is 0 Å². The smallest absolute Gasteiger partial charge is 0.407 e. The molecule has 1 fully saturated rings. The molecule has 0 aromatic heterocycles. The number of ether oxygens (including phenoxy) is 1. The number of hydrogen-bond donors (Lipinski definition) is 2. The number of rotatable bonds is 8. The summed E-state index contributed by atoms with van der Waals surface area (Å²) in [6, 6.07) is 15.6. The van der Waals surface area contributed by atoms with Gasteiger partial charge in [0.25, 0.3) is 0 Å². The van der Waals surface area contributed by atoms with Gasteiger partial charge in [-0.1, -0.05) is 68.8 Å². The van der Waals surface area contributed by atoms with Crippen molar-refractivity contribution in [3.8, 4) is 11.1 Å². The predicted octanol–water partition coefficient (Wildman–Crippen LogP) is 3.87. The number of fused-ring (bicyclic) bond motifs is 3. The highest BCUT2D eigenvalue weighted by molar-refractivity contribution is 5.87.